The summed E-state index contributed by atoms with van der Waals surface area (Å²) < 4.78 is 7.04. The summed E-state index contributed by atoms with van der Waals surface area (Å²) in [6.45, 7) is 3.87. The first-order valence-corrected chi connectivity index (χ1v) is 8.86. The van der Waals surface area contributed by atoms with Crippen LogP contribution in [-0.2, 0) is 0 Å². The number of hydrogen-bond acceptors (Lipinski definition) is 7. The van der Waals surface area contributed by atoms with Gasteiger partial charge in [0.05, 0.1) is 26.6 Å². The molecule has 0 bridgehead atoms. The van der Waals surface area contributed by atoms with Crippen molar-refractivity contribution >= 4 is 55.1 Å². The van der Waals surface area contributed by atoms with Crippen LogP contribution in [-0.4, -0.2) is 22.7 Å². The van der Waals surface area contributed by atoms with Crippen molar-refractivity contribution in [3.05, 3.63) is 77.7 Å². The number of rotatable bonds is 8. The van der Waals surface area contributed by atoms with Gasteiger partial charge < -0.3 is 4.74 Å². The number of nitrogens with zero attached hydrogens (tertiary/aromatic N) is 3. The Balaban J connectivity index is 2.31. The van der Waals surface area contributed by atoms with Crippen LogP contribution in [0.25, 0.3) is 0 Å². The zero-order chi connectivity index (χ0) is 20.0. The van der Waals surface area contributed by atoms with Crippen molar-refractivity contribution in [2.24, 2.45) is 5.10 Å². The number of non-ortho nitro benzene ring substituents is 1. The van der Waals surface area contributed by atoms with E-state index in [0.717, 1.165) is 16.6 Å². The van der Waals surface area contributed by atoms with E-state index in [0.29, 0.717) is 15.8 Å². The maximum atomic E-state index is 11.1. The van der Waals surface area contributed by atoms with E-state index in [4.69, 9.17) is 4.74 Å². The highest BCUT2D eigenvalue weighted by Crippen LogP contribution is 2.32. The molecular weight excluding hydrogens is 488 g/mol. The molecule has 1 N–H and O–H groups in total. The molecule has 0 fully saturated rings. The average Bonchev–Trinajstić information content (AvgIpc) is 2.60. The Morgan fingerprint density at radius 3 is 2.56 bits per heavy atom. The van der Waals surface area contributed by atoms with Crippen LogP contribution < -0.4 is 10.2 Å². The smallest absolute Gasteiger partial charge is 0.301 e. The van der Waals surface area contributed by atoms with E-state index in [1.165, 1.54) is 12.3 Å². The number of benzene rings is 2. The highest BCUT2D eigenvalue weighted by molar-refractivity contribution is 9.11. The second-order valence-electron chi connectivity index (χ2n) is 4.99. The fourth-order valence-electron chi connectivity index (χ4n) is 2.02. The van der Waals surface area contributed by atoms with Gasteiger partial charge in [0.15, 0.2) is 0 Å². The lowest BCUT2D eigenvalue weighted by Crippen LogP contribution is -2.01. The van der Waals surface area contributed by atoms with Crippen LogP contribution in [0.2, 0.25) is 0 Å². The summed E-state index contributed by atoms with van der Waals surface area (Å²) >= 11 is 6.76. The minimum Gasteiger partial charge on any atom is -0.488 e. The molecule has 0 saturated heterocycles. The van der Waals surface area contributed by atoms with Crippen LogP contribution in [0, 0.1) is 20.2 Å². The van der Waals surface area contributed by atoms with E-state index in [1.807, 2.05) is 0 Å². The van der Waals surface area contributed by atoms with E-state index >= 15 is 0 Å². The van der Waals surface area contributed by atoms with Crippen LogP contribution in [0.4, 0.5) is 17.1 Å². The lowest BCUT2D eigenvalue weighted by Gasteiger charge is -2.10. The molecular formula is C16H12Br2N4O5. The van der Waals surface area contributed by atoms with Crippen LogP contribution >= 0.6 is 31.9 Å². The molecule has 0 unspecified atom stereocenters. The van der Waals surface area contributed by atoms with Crippen molar-refractivity contribution in [3.63, 3.8) is 0 Å². The molecule has 9 nitrogen and oxygen atoms in total. The zero-order valence-corrected chi connectivity index (χ0v) is 16.8. The first kappa shape index (κ1) is 20.5. The van der Waals surface area contributed by atoms with Crippen molar-refractivity contribution in [2.45, 2.75) is 0 Å². The van der Waals surface area contributed by atoms with E-state index < -0.39 is 15.5 Å². The monoisotopic (exact) mass is 498 g/mol. The second-order valence-corrected chi connectivity index (χ2v) is 6.76. The Morgan fingerprint density at radius 2 is 1.93 bits per heavy atom. The molecule has 0 atom stereocenters. The summed E-state index contributed by atoms with van der Waals surface area (Å²) in [7, 11) is 0. The molecule has 0 spiro atoms. The highest BCUT2D eigenvalue weighted by atomic mass is 79.9. The molecule has 0 aliphatic carbocycles. The maximum absolute atomic E-state index is 11.1. The number of nitrogens with one attached hydrogen (secondary N) is 1. The minimum atomic E-state index is -0.723. The topological polar surface area (TPSA) is 120 Å². The molecule has 0 aliphatic heterocycles. The van der Waals surface area contributed by atoms with Gasteiger partial charge in [-0.25, -0.2) is 0 Å². The molecule has 0 aliphatic rings. The zero-order valence-electron chi connectivity index (χ0n) is 13.6. The number of hydrazone groups is 1. The Hall–Kier alpha value is -2.79. The Bertz CT molecular complexity index is 933. The third-order valence-electron chi connectivity index (χ3n) is 3.16. The molecule has 11 heteroatoms. The third kappa shape index (κ3) is 5.34. The minimum absolute atomic E-state index is 0.0180. The summed E-state index contributed by atoms with van der Waals surface area (Å²) in [5.41, 5.74) is 2.30. The molecule has 2 rings (SSSR count). The molecule has 0 heterocycles. The predicted molar refractivity (Wildman–Crippen MR) is 109 cm³/mol. The van der Waals surface area contributed by atoms with Gasteiger partial charge in [0.2, 0.25) is 0 Å². The molecule has 0 saturated carbocycles. The lowest BCUT2D eigenvalue weighted by atomic mass is 10.2. The number of ether oxygens (including phenoxy) is 1. The summed E-state index contributed by atoms with van der Waals surface area (Å²) in [5, 5.41) is 25.9. The number of nitro groups is 2. The van der Waals surface area contributed by atoms with Gasteiger partial charge in [0.25, 0.3) is 5.69 Å². The number of halogens is 2. The van der Waals surface area contributed by atoms with Crippen LogP contribution in [0.1, 0.15) is 5.56 Å². The van der Waals surface area contributed by atoms with E-state index in [-0.39, 0.29) is 18.0 Å². The first-order chi connectivity index (χ1) is 12.8. The Kier molecular flexibility index (Phi) is 7.02. The molecule has 140 valence electrons. The van der Waals surface area contributed by atoms with Crippen LogP contribution in [0.15, 0.2) is 57.0 Å². The molecule has 27 heavy (non-hydrogen) atoms. The highest BCUT2D eigenvalue weighted by Gasteiger charge is 2.19. The van der Waals surface area contributed by atoms with Gasteiger partial charge in [-0.15, -0.1) is 0 Å². The van der Waals surface area contributed by atoms with Crippen LogP contribution in [0.5, 0.6) is 5.75 Å². The molecule has 0 amide bonds. The van der Waals surface area contributed by atoms with Crippen LogP contribution in [0.3, 0.4) is 0 Å². The Labute approximate surface area is 170 Å². The average molecular weight is 500 g/mol. The lowest BCUT2D eigenvalue weighted by molar-refractivity contribution is -0.393. The summed E-state index contributed by atoms with van der Waals surface area (Å²) in [5.74, 6) is 0.516. The molecule has 0 radical (unpaired) electrons. The first-order valence-electron chi connectivity index (χ1n) is 7.28. The summed E-state index contributed by atoms with van der Waals surface area (Å²) in [4.78, 5) is 20.5. The van der Waals surface area contributed by atoms with Gasteiger partial charge in [-0.05, 0) is 34.1 Å². The van der Waals surface area contributed by atoms with Gasteiger partial charge in [-0.1, -0.05) is 28.6 Å². The normalized spacial score (nSPS) is 10.6. The maximum Gasteiger partial charge on any atom is 0.301 e. The van der Waals surface area contributed by atoms with Crippen molar-refractivity contribution in [3.8, 4) is 5.75 Å². The van der Waals surface area contributed by atoms with Crippen molar-refractivity contribution < 1.29 is 14.6 Å². The SMILES string of the molecule is C=CCOc1c(Br)cc(Br)cc1/C=N/Nc1ccc([N+](=O)[O-])cc1[N+](=O)[O-]. The third-order valence-corrected chi connectivity index (χ3v) is 4.21. The van der Waals surface area contributed by atoms with Gasteiger partial charge in [0.1, 0.15) is 18.0 Å². The second kappa shape index (κ2) is 9.24. The van der Waals surface area contributed by atoms with E-state index in [2.05, 4.69) is 49.0 Å². The quantitative estimate of drug-likeness (QED) is 0.235. The molecule has 2 aromatic rings. The number of hydrogen-bond donors (Lipinski definition) is 1. The Morgan fingerprint density at radius 1 is 1.19 bits per heavy atom. The van der Waals surface area contributed by atoms with E-state index in [9.17, 15) is 20.2 Å². The van der Waals surface area contributed by atoms with Gasteiger partial charge in [-0.3, -0.25) is 25.7 Å². The number of nitro benzene ring substituents is 2. The van der Waals surface area contributed by atoms with Gasteiger partial charge in [0, 0.05) is 16.1 Å². The van der Waals surface area contributed by atoms with Gasteiger partial charge in [-0.2, -0.15) is 5.10 Å². The number of anilines is 1. The predicted octanol–water partition coefficient (Wildman–Crippen LogP) is 5.04. The van der Waals surface area contributed by atoms with Crippen molar-refractivity contribution in [1.82, 2.24) is 0 Å². The van der Waals surface area contributed by atoms with E-state index in [1.54, 1.807) is 18.2 Å². The van der Waals surface area contributed by atoms with Crippen molar-refractivity contribution in [1.29, 1.82) is 0 Å². The molecule has 2 aromatic carbocycles. The fraction of sp³-hybridized carbons (Fsp3) is 0.0625. The molecule has 0 aromatic heterocycles. The summed E-state index contributed by atoms with van der Waals surface area (Å²) in [6, 6.07) is 6.79. The fourth-order valence-corrected chi connectivity index (χ4v) is 3.39. The van der Waals surface area contributed by atoms with Gasteiger partial charge >= 0.3 is 5.69 Å². The largest absolute Gasteiger partial charge is 0.488 e. The summed E-state index contributed by atoms with van der Waals surface area (Å²) in [6.07, 6.45) is 3.01. The standard InChI is InChI=1S/C16H12Br2N4O5/c1-2-5-27-16-10(6-11(17)7-13(16)18)9-19-20-14-4-3-12(21(23)24)8-15(14)22(25)26/h2-4,6-9,20H,1,5H2/b19-9+. The van der Waals surface area contributed by atoms with Crippen molar-refractivity contribution in [2.75, 3.05) is 12.0 Å².